The summed E-state index contributed by atoms with van der Waals surface area (Å²) in [5.41, 5.74) is 3.06. The molecule has 1 saturated heterocycles. The van der Waals surface area contributed by atoms with E-state index in [-0.39, 0.29) is 0 Å². The third-order valence-corrected chi connectivity index (χ3v) is 4.40. The van der Waals surface area contributed by atoms with E-state index in [1.54, 1.807) is 11.7 Å². The number of nitrogens with zero attached hydrogens (tertiary/aromatic N) is 4. The molecule has 0 radical (unpaired) electrons. The molecular weight excluding hydrogens is 314 g/mol. The minimum Gasteiger partial charge on any atom is -0.372 e. The average Bonchev–Trinajstić information content (AvgIpc) is 3.06. The average molecular weight is 341 g/mol. The lowest BCUT2D eigenvalue weighted by Gasteiger charge is -2.27. The van der Waals surface area contributed by atoms with E-state index >= 15 is 0 Å². The fourth-order valence-corrected chi connectivity index (χ4v) is 3.19. The van der Waals surface area contributed by atoms with E-state index in [0.29, 0.717) is 5.92 Å². The Kier molecular flexibility index (Phi) is 5.65. The molecule has 0 aromatic carbocycles. The first-order valence-corrected chi connectivity index (χ1v) is 8.88. The number of nitrogens with one attached hydrogen (secondary N) is 3. The SMILES string of the molecule is CCNC1=CC(C2CCCNC2)=N/C(=C(/C=N\C)c2cnn(C)c2)N1. The molecule has 0 spiro atoms. The minimum atomic E-state index is 0.438. The lowest BCUT2D eigenvalue weighted by Crippen LogP contribution is -2.37. The van der Waals surface area contributed by atoms with Gasteiger partial charge in [-0.3, -0.25) is 9.67 Å². The number of piperidine rings is 1. The van der Waals surface area contributed by atoms with Gasteiger partial charge < -0.3 is 16.0 Å². The molecule has 0 amide bonds. The summed E-state index contributed by atoms with van der Waals surface area (Å²) in [6, 6.07) is 0. The van der Waals surface area contributed by atoms with Crippen LogP contribution in [-0.4, -0.2) is 48.4 Å². The summed E-state index contributed by atoms with van der Waals surface area (Å²) in [4.78, 5) is 9.17. The van der Waals surface area contributed by atoms with Crippen LogP contribution in [0.3, 0.4) is 0 Å². The summed E-state index contributed by atoms with van der Waals surface area (Å²) in [6.45, 7) is 5.02. The summed E-state index contributed by atoms with van der Waals surface area (Å²) >= 11 is 0. The van der Waals surface area contributed by atoms with Crippen LogP contribution in [0.25, 0.3) is 5.57 Å². The number of hydrogen-bond donors (Lipinski definition) is 3. The van der Waals surface area contributed by atoms with Crippen molar-refractivity contribution in [1.82, 2.24) is 25.7 Å². The number of aryl methyl sites for hydroxylation is 1. The normalized spacial score (nSPS) is 23.1. The fourth-order valence-electron chi connectivity index (χ4n) is 3.19. The van der Waals surface area contributed by atoms with Crippen LogP contribution in [0.15, 0.2) is 40.1 Å². The van der Waals surface area contributed by atoms with Gasteiger partial charge in [-0.25, -0.2) is 4.99 Å². The summed E-state index contributed by atoms with van der Waals surface area (Å²) in [7, 11) is 3.69. The van der Waals surface area contributed by atoms with Crippen LogP contribution >= 0.6 is 0 Å². The highest BCUT2D eigenvalue weighted by Gasteiger charge is 2.23. The van der Waals surface area contributed by atoms with Crippen molar-refractivity contribution in [3.05, 3.63) is 35.7 Å². The van der Waals surface area contributed by atoms with Gasteiger partial charge in [0.2, 0.25) is 0 Å². The van der Waals surface area contributed by atoms with Crippen LogP contribution < -0.4 is 16.0 Å². The van der Waals surface area contributed by atoms with Crippen LogP contribution in [-0.2, 0) is 7.05 Å². The van der Waals surface area contributed by atoms with Crippen LogP contribution in [0, 0.1) is 5.92 Å². The first-order valence-electron chi connectivity index (χ1n) is 8.88. The Morgan fingerprint density at radius 3 is 3.04 bits per heavy atom. The van der Waals surface area contributed by atoms with Crippen LogP contribution in [0.1, 0.15) is 25.3 Å². The van der Waals surface area contributed by atoms with Gasteiger partial charge in [0.25, 0.3) is 0 Å². The van der Waals surface area contributed by atoms with Crippen LogP contribution in [0.2, 0.25) is 0 Å². The standard InChI is InChI=1S/C18H27N7/c1-4-21-17-8-16(13-6-5-7-20-9-13)23-18(24-17)15(11-19-2)14-10-22-25(3)12-14/h8,10-13,20-21,24H,4-7,9H2,1-3H3/b18-15+,19-11-. The maximum Gasteiger partial charge on any atom is 0.141 e. The molecule has 0 aliphatic carbocycles. The maximum atomic E-state index is 4.94. The fraction of sp³-hybridized carbons (Fsp3) is 0.500. The third kappa shape index (κ3) is 4.17. The molecule has 7 heteroatoms. The van der Waals surface area contributed by atoms with E-state index < -0.39 is 0 Å². The third-order valence-electron chi connectivity index (χ3n) is 4.40. The van der Waals surface area contributed by atoms with E-state index in [2.05, 4.69) is 39.0 Å². The van der Waals surface area contributed by atoms with Crippen molar-refractivity contribution < 1.29 is 0 Å². The molecule has 3 N–H and O–H groups in total. The monoisotopic (exact) mass is 341 g/mol. The molecular formula is C18H27N7. The van der Waals surface area contributed by atoms with E-state index in [9.17, 15) is 0 Å². The lowest BCUT2D eigenvalue weighted by atomic mass is 9.93. The Hall–Kier alpha value is -2.41. The molecule has 1 fully saturated rings. The van der Waals surface area contributed by atoms with Gasteiger partial charge in [0.05, 0.1) is 11.9 Å². The predicted octanol–water partition coefficient (Wildman–Crippen LogP) is 1.28. The zero-order valence-corrected chi connectivity index (χ0v) is 15.2. The molecule has 1 aromatic heterocycles. The first-order chi connectivity index (χ1) is 12.2. The quantitative estimate of drug-likeness (QED) is 0.705. The second-order valence-electron chi connectivity index (χ2n) is 6.35. The molecule has 7 nitrogen and oxygen atoms in total. The van der Waals surface area contributed by atoms with Crippen molar-refractivity contribution in [3.63, 3.8) is 0 Å². The zero-order valence-electron chi connectivity index (χ0n) is 15.2. The molecule has 1 atom stereocenters. The molecule has 134 valence electrons. The molecule has 0 bridgehead atoms. The molecule has 25 heavy (non-hydrogen) atoms. The molecule has 2 aliphatic heterocycles. The summed E-state index contributed by atoms with van der Waals surface area (Å²) < 4.78 is 1.79. The zero-order chi connectivity index (χ0) is 17.6. The summed E-state index contributed by atoms with van der Waals surface area (Å²) in [5, 5.41) is 14.6. The van der Waals surface area contributed by atoms with Crippen LogP contribution in [0.4, 0.5) is 0 Å². The van der Waals surface area contributed by atoms with E-state index in [1.807, 2.05) is 25.7 Å². The van der Waals surface area contributed by atoms with Gasteiger partial charge in [0, 0.05) is 62.7 Å². The number of allylic oxidation sites excluding steroid dienone is 2. The maximum absolute atomic E-state index is 4.94. The van der Waals surface area contributed by atoms with Gasteiger partial charge in [-0.05, 0) is 26.3 Å². The molecule has 1 unspecified atom stereocenters. The predicted molar refractivity (Wildman–Crippen MR) is 102 cm³/mol. The van der Waals surface area contributed by atoms with Gasteiger partial charge in [-0.1, -0.05) is 0 Å². The summed E-state index contributed by atoms with van der Waals surface area (Å²) in [6.07, 6.45) is 10.2. The lowest BCUT2D eigenvalue weighted by molar-refractivity contribution is 0.457. The van der Waals surface area contributed by atoms with Gasteiger partial charge in [-0.2, -0.15) is 5.10 Å². The highest BCUT2D eigenvalue weighted by atomic mass is 15.2. The smallest absolute Gasteiger partial charge is 0.141 e. The van der Waals surface area contributed by atoms with Crippen molar-refractivity contribution in [2.75, 3.05) is 26.7 Å². The second-order valence-corrected chi connectivity index (χ2v) is 6.35. The van der Waals surface area contributed by atoms with E-state index in [1.165, 1.54) is 12.8 Å². The number of hydrogen-bond acceptors (Lipinski definition) is 6. The van der Waals surface area contributed by atoms with Crippen molar-refractivity contribution >= 4 is 17.5 Å². The Labute approximate surface area is 149 Å². The number of rotatable bonds is 5. The topological polar surface area (TPSA) is 78.6 Å². The van der Waals surface area contributed by atoms with Crippen LogP contribution in [0.5, 0.6) is 0 Å². The molecule has 2 aliphatic rings. The molecule has 3 rings (SSSR count). The van der Waals surface area contributed by atoms with Crippen molar-refractivity contribution in [1.29, 1.82) is 0 Å². The van der Waals surface area contributed by atoms with Gasteiger partial charge >= 0.3 is 0 Å². The Bertz CT molecular complexity index is 718. The molecule has 1 aromatic rings. The van der Waals surface area contributed by atoms with Gasteiger partial charge in [0.1, 0.15) is 11.6 Å². The Morgan fingerprint density at radius 1 is 1.52 bits per heavy atom. The summed E-state index contributed by atoms with van der Waals surface area (Å²) in [5.74, 6) is 2.24. The Balaban J connectivity index is 2.02. The van der Waals surface area contributed by atoms with E-state index in [4.69, 9.17) is 4.99 Å². The van der Waals surface area contributed by atoms with Gasteiger partial charge in [0.15, 0.2) is 0 Å². The van der Waals surface area contributed by atoms with E-state index in [0.717, 1.165) is 48.1 Å². The highest BCUT2D eigenvalue weighted by molar-refractivity contribution is 6.12. The molecule has 0 saturated carbocycles. The highest BCUT2D eigenvalue weighted by Crippen LogP contribution is 2.22. The van der Waals surface area contributed by atoms with Gasteiger partial charge in [-0.15, -0.1) is 0 Å². The molecule has 3 heterocycles. The van der Waals surface area contributed by atoms with Crippen molar-refractivity contribution in [2.45, 2.75) is 19.8 Å². The van der Waals surface area contributed by atoms with Crippen molar-refractivity contribution in [3.8, 4) is 0 Å². The number of aliphatic imine (C=N–C) groups is 2. The minimum absolute atomic E-state index is 0.438. The Morgan fingerprint density at radius 2 is 2.40 bits per heavy atom. The number of aromatic nitrogens is 2. The second kappa shape index (κ2) is 8.11. The van der Waals surface area contributed by atoms with Crippen molar-refractivity contribution in [2.24, 2.45) is 23.0 Å². The largest absolute Gasteiger partial charge is 0.372 e. The first kappa shape index (κ1) is 17.4.